The van der Waals surface area contributed by atoms with Crippen molar-refractivity contribution in [2.75, 3.05) is 18.1 Å². The van der Waals surface area contributed by atoms with E-state index in [-0.39, 0.29) is 29.9 Å². The third-order valence-corrected chi connectivity index (χ3v) is 5.22. The van der Waals surface area contributed by atoms with Crippen molar-refractivity contribution in [3.63, 3.8) is 0 Å². The van der Waals surface area contributed by atoms with Gasteiger partial charge in [-0.2, -0.15) is 5.10 Å². The number of hydrogen-bond donors (Lipinski definition) is 1. The summed E-state index contributed by atoms with van der Waals surface area (Å²) < 4.78 is 24.6. The van der Waals surface area contributed by atoms with E-state index in [1.807, 2.05) is 13.2 Å². The van der Waals surface area contributed by atoms with Gasteiger partial charge in [-0.15, -0.1) is 0 Å². The molecular formula is C11H18N2O3S. The number of rotatable bonds is 4. The second-order valence-corrected chi connectivity index (χ2v) is 7.06. The van der Waals surface area contributed by atoms with E-state index in [0.29, 0.717) is 12.8 Å². The van der Waals surface area contributed by atoms with E-state index in [1.165, 1.54) is 0 Å². The standard InChI is InChI=1S/C11H18N2O3S/c1-13-6-9(5-12-13)4-11(7-14)10-2-3-17(15,16)8-10/h5-6,10-11,14H,2-4,7-8H2,1H3. The van der Waals surface area contributed by atoms with Gasteiger partial charge in [0.2, 0.25) is 0 Å². The predicted molar refractivity (Wildman–Crippen MR) is 64.2 cm³/mol. The molecule has 0 aromatic carbocycles. The van der Waals surface area contributed by atoms with Crippen molar-refractivity contribution < 1.29 is 13.5 Å². The van der Waals surface area contributed by atoms with Gasteiger partial charge in [0.1, 0.15) is 0 Å². The lowest BCUT2D eigenvalue weighted by Gasteiger charge is -2.19. The molecule has 2 heterocycles. The Kier molecular flexibility index (Phi) is 3.53. The van der Waals surface area contributed by atoms with Gasteiger partial charge in [-0.3, -0.25) is 4.68 Å². The number of aliphatic hydroxyl groups excluding tert-OH is 1. The molecule has 2 rings (SSSR count). The Morgan fingerprint density at radius 2 is 2.41 bits per heavy atom. The molecule has 17 heavy (non-hydrogen) atoms. The third kappa shape index (κ3) is 3.07. The maximum atomic E-state index is 11.4. The number of hydrogen-bond acceptors (Lipinski definition) is 4. The summed E-state index contributed by atoms with van der Waals surface area (Å²) in [5, 5.41) is 13.5. The average molecular weight is 258 g/mol. The summed E-state index contributed by atoms with van der Waals surface area (Å²) in [5.74, 6) is 0.598. The molecule has 1 saturated heterocycles. The summed E-state index contributed by atoms with van der Waals surface area (Å²) in [4.78, 5) is 0. The van der Waals surface area contributed by atoms with Gasteiger partial charge in [-0.25, -0.2) is 8.42 Å². The summed E-state index contributed by atoms with van der Waals surface area (Å²) >= 11 is 0. The summed E-state index contributed by atoms with van der Waals surface area (Å²) in [7, 11) is -1.02. The molecule has 0 aliphatic carbocycles. The van der Waals surface area contributed by atoms with Gasteiger partial charge in [0.25, 0.3) is 0 Å². The lowest BCUT2D eigenvalue weighted by Crippen LogP contribution is -2.22. The molecule has 2 unspecified atom stereocenters. The van der Waals surface area contributed by atoms with E-state index in [4.69, 9.17) is 0 Å². The molecule has 1 aliphatic rings. The molecule has 6 heteroatoms. The second-order valence-electron chi connectivity index (χ2n) is 4.83. The zero-order valence-electron chi connectivity index (χ0n) is 9.91. The lowest BCUT2D eigenvalue weighted by molar-refractivity contribution is 0.184. The quantitative estimate of drug-likeness (QED) is 0.825. The van der Waals surface area contributed by atoms with Crippen LogP contribution in [-0.4, -0.2) is 41.4 Å². The second kappa shape index (κ2) is 4.78. The van der Waals surface area contributed by atoms with E-state index in [9.17, 15) is 13.5 Å². The highest BCUT2D eigenvalue weighted by Crippen LogP contribution is 2.28. The van der Waals surface area contributed by atoms with Gasteiger partial charge in [-0.05, 0) is 30.2 Å². The number of aryl methyl sites for hydroxylation is 1. The molecule has 0 saturated carbocycles. The molecule has 0 bridgehead atoms. The van der Waals surface area contributed by atoms with E-state index >= 15 is 0 Å². The first-order valence-electron chi connectivity index (χ1n) is 5.79. The minimum absolute atomic E-state index is 0.0245. The summed E-state index contributed by atoms with van der Waals surface area (Å²) in [6, 6.07) is 0. The van der Waals surface area contributed by atoms with Crippen LogP contribution in [0.2, 0.25) is 0 Å². The molecule has 1 aromatic rings. The van der Waals surface area contributed by atoms with Crippen molar-refractivity contribution >= 4 is 9.84 Å². The Morgan fingerprint density at radius 1 is 1.65 bits per heavy atom. The highest BCUT2D eigenvalue weighted by molar-refractivity contribution is 7.91. The van der Waals surface area contributed by atoms with Gasteiger partial charge < -0.3 is 5.11 Å². The van der Waals surface area contributed by atoms with Crippen LogP contribution in [0.3, 0.4) is 0 Å². The first-order chi connectivity index (χ1) is 8.00. The molecule has 0 spiro atoms. The fourth-order valence-corrected chi connectivity index (χ4v) is 4.38. The summed E-state index contributed by atoms with van der Waals surface area (Å²) in [6.07, 6.45) is 5.05. The van der Waals surface area contributed by atoms with Crippen molar-refractivity contribution in [1.82, 2.24) is 9.78 Å². The lowest BCUT2D eigenvalue weighted by atomic mass is 9.88. The van der Waals surface area contributed by atoms with Crippen LogP contribution in [0.1, 0.15) is 12.0 Å². The molecule has 0 radical (unpaired) electrons. The van der Waals surface area contributed by atoms with Crippen LogP contribution in [0.5, 0.6) is 0 Å². The van der Waals surface area contributed by atoms with Crippen LogP contribution in [0.4, 0.5) is 0 Å². The first kappa shape index (κ1) is 12.6. The highest BCUT2D eigenvalue weighted by Gasteiger charge is 2.33. The minimum Gasteiger partial charge on any atom is -0.396 e. The molecule has 1 aromatic heterocycles. The number of aromatic nitrogens is 2. The Balaban J connectivity index is 2.02. The fraction of sp³-hybridized carbons (Fsp3) is 0.727. The number of aliphatic hydroxyl groups is 1. The monoisotopic (exact) mass is 258 g/mol. The van der Waals surface area contributed by atoms with Gasteiger partial charge in [-0.1, -0.05) is 0 Å². The van der Waals surface area contributed by atoms with Crippen molar-refractivity contribution in [1.29, 1.82) is 0 Å². The van der Waals surface area contributed by atoms with Gasteiger partial charge >= 0.3 is 0 Å². The number of nitrogens with zero attached hydrogens (tertiary/aromatic N) is 2. The van der Waals surface area contributed by atoms with Gasteiger partial charge in [0.05, 0.1) is 17.7 Å². The van der Waals surface area contributed by atoms with Crippen molar-refractivity contribution in [3.8, 4) is 0 Å². The molecule has 1 aliphatic heterocycles. The summed E-state index contributed by atoms with van der Waals surface area (Å²) in [5.41, 5.74) is 1.05. The zero-order chi connectivity index (χ0) is 12.5. The highest BCUT2D eigenvalue weighted by atomic mass is 32.2. The van der Waals surface area contributed by atoms with Crippen molar-refractivity contribution in [3.05, 3.63) is 18.0 Å². The van der Waals surface area contributed by atoms with Crippen LogP contribution in [0.15, 0.2) is 12.4 Å². The molecular weight excluding hydrogens is 240 g/mol. The molecule has 1 N–H and O–H groups in total. The maximum absolute atomic E-state index is 11.4. The molecule has 1 fully saturated rings. The van der Waals surface area contributed by atoms with E-state index in [0.717, 1.165) is 5.56 Å². The van der Waals surface area contributed by atoms with Gasteiger partial charge in [0.15, 0.2) is 9.84 Å². The first-order valence-corrected chi connectivity index (χ1v) is 7.61. The Morgan fingerprint density at radius 3 is 2.88 bits per heavy atom. The fourth-order valence-electron chi connectivity index (χ4n) is 2.46. The third-order valence-electron chi connectivity index (χ3n) is 3.43. The Bertz CT molecular complexity index is 481. The molecule has 0 amide bonds. The van der Waals surface area contributed by atoms with Crippen LogP contribution >= 0.6 is 0 Å². The maximum Gasteiger partial charge on any atom is 0.150 e. The molecule has 2 atom stereocenters. The van der Waals surface area contributed by atoms with Crippen molar-refractivity contribution in [2.24, 2.45) is 18.9 Å². The van der Waals surface area contributed by atoms with E-state index in [2.05, 4.69) is 5.10 Å². The Hall–Kier alpha value is -0.880. The topological polar surface area (TPSA) is 72.2 Å². The molecule has 96 valence electrons. The average Bonchev–Trinajstić information content (AvgIpc) is 2.81. The largest absolute Gasteiger partial charge is 0.396 e. The van der Waals surface area contributed by atoms with Gasteiger partial charge in [0, 0.05) is 19.9 Å². The smallest absolute Gasteiger partial charge is 0.150 e. The molecule has 5 nitrogen and oxygen atoms in total. The van der Waals surface area contributed by atoms with Crippen LogP contribution in [-0.2, 0) is 23.3 Å². The van der Waals surface area contributed by atoms with E-state index in [1.54, 1.807) is 10.9 Å². The normalized spacial score (nSPS) is 24.9. The van der Waals surface area contributed by atoms with Crippen LogP contribution in [0.25, 0.3) is 0 Å². The Labute approximate surface area is 101 Å². The van der Waals surface area contributed by atoms with Crippen molar-refractivity contribution in [2.45, 2.75) is 12.8 Å². The minimum atomic E-state index is -2.87. The van der Waals surface area contributed by atoms with Crippen LogP contribution in [0, 0.1) is 11.8 Å². The predicted octanol–water partition coefficient (Wildman–Crippen LogP) is 0.00580. The number of sulfone groups is 1. The zero-order valence-corrected chi connectivity index (χ0v) is 10.7. The summed E-state index contributed by atoms with van der Waals surface area (Å²) in [6.45, 7) is 0.0368. The van der Waals surface area contributed by atoms with Crippen LogP contribution < -0.4 is 0 Å². The SMILES string of the molecule is Cn1cc(CC(CO)C2CCS(=O)(=O)C2)cn1. The van der Waals surface area contributed by atoms with E-state index < -0.39 is 9.84 Å².